The molecule has 0 aliphatic carbocycles. The first kappa shape index (κ1) is 19.6. The van der Waals surface area contributed by atoms with E-state index in [2.05, 4.69) is 4.99 Å². The zero-order chi connectivity index (χ0) is 20.5. The maximum atomic E-state index is 13.5. The number of hydrogen-bond acceptors (Lipinski definition) is 4. The largest absolute Gasteiger partial charge is 0.296 e. The molecule has 1 aliphatic heterocycles. The molecule has 0 amide bonds. The van der Waals surface area contributed by atoms with Gasteiger partial charge in [0.15, 0.2) is 0 Å². The number of nitrogens with zero attached hydrogens (tertiary/aromatic N) is 2. The number of thioether (sulfide) groups is 1. The number of carbonyl (C=O) groups is 2. The van der Waals surface area contributed by atoms with E-state index < -0.39 is 11.7 Å². The van der Waals surface area contributed by atoms with Crippen molar-refractivity contribution in [3.8, 4) is 0 Å². The van der Waals surface area contributed by atoms with Crippen molar-refractivity contribution in [2.24, 2.45) is 4.99 Å². The predicted molar refractivity (Wildman–Crippen MR) is 116 cm³/mol. The van der Waals surface area contributed by atoms with Crippen LogP contribution in [0, 0.1) is 5.82 Å². The average Bonchev–Trinajstić information content (AvgIpc) is 2.86. The van der Waals surface area contributed by atoms with Crippen LogP contribution < -0.4 is 0 Å². The summed E-state index contributed by atoms with van der Waals surface area (Å²) in [5.41, 5.74) is 2.80. The smallest absolute Gasteiger partial charge is 0.262 e. The van der Waals surface area contributed by atoms with E-state index in [0.717, 1.165) is 16.5 Å². The third-order valence-corrected chi connectivity index (χ3v) is 5.92. The van der Waals surface area contributed by atoms with Gasteiger partial charge in [-0.1, -0.05) is 43.8 Å². The van der Waals surface area contributed by atoms with Crippen molar-refractivity contribution in [3.05, 3.63) is 71.2 Å². The van der Waals surface area contributed by atoms with Crippen molar-refractivity contribution >= 4 is 39.9 Å². The molecule has 0 saturated carbocycles. The number of benzene rings is 2. The summed E-state index contributed by atoms with van der Waals surface area (Å²) < 4.78 is 15.0. The van der Waals surface area contributed by atoms with E-state index in [4.69, 9.17) is 0 Å². The first-order valence-electron chi connectivity index (χ1n) is 9.60. The van der Waals surface area contributed by atoms with Crippen molar-refractivity contribution < 1.29 is 14.0 Å². The van der Waals surface area contributed by atoms with Gasteiger partial charge in [0, 0.05) is 34.7 Å². The lowest BCUT2D eigenvalue weighted by Crippen LogP contribution is -2.22. The SMILES string of the molecule is CC(C)SC(=O)C1C=NCCc2c1n(C(=O)c1ccc(F)cc1)c1ccccc21. The van der Waals surface area contributed by atoms with Crippen LogP contribution in [0.5, 0.6) is 0 Å². The minimum Gasteiger partial charge on any atom is -0.296 e. The molecule has 1 aromatic heterocycles. The third kappa shape index (κ3) is 3.65. The Morgan fingerprint density at radius 3 is 2.59 bits per heavy atom. The molecule has 0 radical (unpaired) electrons. The highest BCUT2D eigenvalue weighted by atomic mass is 32.2. The molecular formula is C23H21FN2O2S. The summed E-state index contributed by atoms with van der Waals surface area (Å²) in [5, 5.41) is 1.06. The fourth-order valence-corrected chi connectivity index (χ4v) is 4.55. The van der Waals surface area contributed by atoms with E-state index in [1.807, 2.05) is 38.1 Å². The fourth-order valence-electron chi connectivity index (χ4n) is 3.76. The van der Waals surface area contributed by atoms with Gasteiger partial charge in [0.2, 0.25) is 5.12 Å². The second-order valence-corrected chi connectivity index (χ2v) is 8.88. The van der Waals surface area contributed by atoms with Crippen molar-refractivity contribution in [1.29, 1.82) is 0 Å². The molecule has 29 heavy (non-hydrogen) atoms. The lowest BCUT2D eigenvalue weighted by molar-refractivity contribution is -0.111. The molecule has 1 atom stereocenters. The van der Waals surface area contributed by atoms with Crippen LogP contribution in [0.25, 0.3) is 10.9 Å². The number of halogens is 1. The number of rotatable bonds is 3. The maximum Gasteiger partial charge on any atom is 0.262 e. The number of para-hydroxylation sites is 1. The molecule has 0 saturated heterocycles. The van der Waals surface area contributed by atoms with Crippen molar-refractivity contribution in [3.63, 3.8) is 0 Å². The van der Waals surface area contributed by atoms with Crippen LogP contribution in [0.4, 0.5) is 4.39 Å². The van der Waals surface area contributed by atoms with Crippen LogP contribution in [-0.4, -0.2) is 33.6 Å². The molecule has 0 fully saturated rings. The normalized spacial score (nSPS) is 16.1. The van der Waals surface area contributed by atoms with Crippen LogP contribution in [-0.2, 0) is 11.2 Å². The van der Waals surface area contributed by atoms with E-state index in [1.54, 1.807) is 10.8 Å². The molecule has 0 bridgehead atoms. The van der Waals surface area contributed by atoms with Crippen molar-refractivity contribution in [2.75, 3.05) is 6.54 Å². The standard InChI is InChI=1S/C23H21FN2O2S/c1-14(2)29-23(28)19-13-25-12-11-18-17-5-3-4-6-20(17)26(21(18)19)22(27)15-7-9-16(24)10-8-15/h3-10,13-14,19H,11-12H2,1-2H3. The van der Waals surface area contributed by atoms with Gasteiger partial charge >= 0.3 is 0 Å². The van der Waals surface area contributed by atoms with Gasteiger partial charge in [-0.25, -0.2) is 4.39 Å². The molecule has 4 nitrogen and oxygen atoms in total. The molecule has 0 N–H and O–H groups in total. The molecule has 2 aromatic carbocycles. The number of aliphatic imine (C=N–C) groups is 1. The van der Waals surface area contributed by atoms with E-state index in [0.29, 0.717) is 24.2 Å². The van der Waals surface area contributed by atoms with Crippen LogP contribution in [0.2, 0.25) is 0 Å². The van der Waals surface area contributed by atoms with Crippen LogP contribution in [0.15, 0.2) is 53.5 Å². The van der Waals surface area contributed by atoms with E-state index >= 15 is 0 Å². The molecule has 0 spiro atoms. The Morgan fingerprint density at radius 2 is 1.86 bits per heavy atom. The topological polar surface area (TPSA) is 51.4 Å². The van der Waals surface area contributed by atoms with Gasteiger partial charge in [-0.05, 0) is 42.3 Å². The molecule has 3 aromatic rings. The highest BCUT2D eigenvalue weighted by Crippen LogP contribution is 2.36. The summed E-state index contributed by atoms with van der Waals surface area (Å²) in [4.78, 5) is 31.0. The van der Waals surface area contributed by atoms with Crippen molar-refractivity contribution in [2.45, 2.75) is 31.4 Å². The number of carbonyl (C=O) groups excluding carboxylic acids is 2. The molecular weight excluding hydrogens is 387 g/mol. The lowest BCUT2D eigenvalue weighted by atomic mass is 10.0. The summed E-state index contributed by atoms with van der Waals surface area (Å²) in [6, 6.07) is 13.2. The average molecular weight is 408 g/mol. The summed E-state index contributed by atoms with van der Waals surface area (Å²) >= 11 is 1.26. The van der Waals surface area contributed by atoms with Gasteiger partial charge in [-0.3, -0.25) is 19.1 Å². The van der Waals surface area contributed by atoms with Crippen LogP contribution >= 0.6 is 11.8 Å². The molecule has 6 heteroatoms. The Labute approximate surface area is 172 Å². The second kappa shape index (κ2) is 7.95. The third-order valence-electron chi connectivity index (χ3n) is 4.96. The minimum atomic E-state index is -0.600. The van der Waals surface area contributed by atoms with E-state index in [-0.39, 0.29) is 16.3 Å². The van der Waals surface area contributed by atoms with E-state index in [9.17, 15) is 14.0 Å². The number of hydrogen-bond donors (Lipinski definition) is 0. The van der Waals surface area contributed by atoms with Gasteiger partial charge in [-0.15, -0.1) is 0 Å². The van der Waals surface area contributed by atoms with Crippen LogP contribution in [0.3, 0.4) is 0 Å². The van der Waals surface area contributed by atoms with E-state index in [1.165, 1.54) is 36.0 Å². The van der Waals surface area contributed by atoms with Gasteiger partial charge in [0.25, 0.3) is 5.91 Å². The Hall–Kier alpha value is -2.73. The fraction of sp³-hybridized carbons (Fsp3) is 0.261. The first-order valence-corrected chi connectivity index (χ1v) is 10.5. The Kier molecular flexibility index (Phi) is 5.37. The highest BCUT2D eigenvalue weighted by Gasteiger charge is 2.32. The molecule has 4 rings (SSSR count). The summed E-state index contributed by atoms with van der Waals surface area (Å²) in [7, 11) is 0. The summed E-state index contributed by atoms with van der Waals surface area (Å²) in [6.45, 7) is 4.51. The second-order valence-electron chi connectivity index (χ2n) is 7.30. The maximum absolute atomic E-state index is 13.5. The zero-order valence-corrected chi connectivity index (χ0v) is 17.1. The quantitative estimate of drug-likeness (QED) is 0.623. The highest BCUT2D eigenvalue weighted by molar-refractivity contribution is 8.14. The minimum absolute atomic E-state index is 0.0251. The summed E-state index contributed by atoms with van der Waals surface area (Å²) in [5.74, 6) is -1.27. The zero-order valence-electron chi connectivity index (χ0n) is 16.3. The van der Waals surface area contributed by atoms with Gasteiger partial charge in [0.05, 0.1) is 5.52 Å². The lowest BCUT2D eigenvalue weighted by Gasteiger charge is -2.16. The van der Waals surface area contributed by atoms with Gasteiger partial charge in [0.1, 0.15) is 11.7 Å². The summed E-state index contributed by atoms with van der Waals surface area (Å²) in [6.07, 6.45) is 2.34. The number of fused-ring (bicyclic) bond motifs is 3. The van der Waals surface area contributed by atoms with Gasteiger partial charge < -0.3 is 0 Å². The van der Waals surface area contributed by atoms with Gasteiger partial charge in [-0.2, -0.15) is 0 Å². The molecule has 2 heterocycles. The first-order chi connectivity index (χ1) is 14.0. The van der Waals surface area contributed by atoms with Crippen LogP contribution in [0.1, 0.15) is 41.4 Å². The molecule has 1 aliphatic rings. The molecule has 148 valence electrons. The Balaban J connectivity index is 1.95. The molecule has 1 unspecified atom stereocenters. The van der Waals surface area contributed by atoms with Crippen molar-refractivity contribution in [1.82, 2.24) is 4.57 Å². The Morgan fingerprint density at radius 1 is 1.14 bits per heavy atom. The monoisotopic (exact) mass is 408 g/mol. The number of aromatic nitrogens is 1. The predicted octanol–water partition coefficient (Wildman–Crippen LogP) is 4.85. The Bertz CT molecular complexity index is 1120.